The summed E-state index contributed by atoms with van der Waals surface area (Å²) in [6.07, 6.45) is 0. The molecule has 2 aromatic carbocycles. The van der Waals surface area contributed by atoms with Gasteiger partial charge in [0, 0.05) is 48.7 Å². The molecule has 0 spiro atoms. The summed E-state index contributed by atoms with van der Waals surface area (Å²) in [6, 6.07) is 11.3. The highest BCUT2D eigenvalue weighted by Gasteiger charge is 2.25. The molecule has 3 aromatic rings. The van der Waals surface area contributed by atoms with E-state index in [1.807, 2.05) is 48.2 Å². The van der Waals surface area contributed by atoms with Crippen molar-refractivity contribution in [3.8, 4) is 17.2 Å². The number of ether oxygens (including phenoxy) is 3. The smallest absolute Gasteiger partial charge is 0.255 e. The first-order chi connectivity index (χ1) is 15.9. The van der Waals surface area contributed by atoms with Crippen molar-refractivity contribution in [3.05, 3.63) is 58.2 Å². The maximum absolute atomic E-state index is 13.2. The van der Waals surface area contributed by atoms with E-state index in [0.717, 1.165) is 29.6 Å². The van der Waals surface area contributed by atoms with Gasteiger partial charge in [0.05, 0.1) is 38.1 Å². The van der Waals surface area contributed by atoms with Crippen molar-refractivity contribution in [2.24, 2.45) is 0 Å². The SMILES string of the molecule is COc1ccc(CN2CCN(C(=O)c3cc4ccc(Cl)cc4nc3C)CC2)c(OC)c1OC. The fourth-order valence-electron chi connectivity index (χ4n) is 4.26. The second-order valence-corrected chi connectivity index (χ2v) is 8.46. The second kappa shape index (κ2) is 9.85. The van der Waals surface area contributed by atoms with Crippen LogP contribution >= 0.6 is 11.6 Å². The number of piperazine rings is 1. The lowest BCUT2D eigenvalue weighted by atomic mass is 10.1. The van der Waals surface area contributed by atoms with Crippen LogP contribution in [0.15, 0.2) is 36.4 Å². The topological polar surface area (TPSA) is 64.1 Å². The van der Waals surface area contributed by atoms with Gasteiger partial charge >= 0.3 is 0 Å². The van der Waals surface area contributed by atoms with Gasteiger partial charge in [-0.3, -0.25) is 14.7 Å². The Balaban J connectivity index is 1.45. The van der Waals surface area contributed by atoms with Crippen LogP contribution < -0.4 is 14.2 Å². The first-order valence-corrected chi connectivity index (χ1v) is 11.2. The Morgan fingerprint density at radius 3 is 2.36 bits per heavy atom. The van der Waals surface area contributed by atoms with Crippen molar-refractivity contribution in [1.29, 1.82) is 0 Å². The standard InChI is InChI=1S/C25H28ClN3O4/c1-16-20(13-17-5-7-19(26)14-21(17)27-16)25(30)29-11-9-28(10-12-29)15-18-6-8-22(31-2)24(33-4)23(18)32-3/h5-8,13-14H,9-12,15H2,1-4H3. The number of nitrogens with zero attached hydrogens (tertiary/aromatic N) is 3. The molecule has 1 aliphatic rings. The zero-order chi connectivity index (χ0) is 23.5. The summed E-state index contributed by atoms with van der Waals surface area (Å²) in [5.74, 6) is 1.91. The molecular weight excluding hydrogens is 442 g/mol. The Morgan fingerprint density at radius 1 is 0.970 bits per heavy atom. The van der Waals surface area contributed by atoms with Gasteiger partial charge in [-0.25, -0.2) is 0 Å². The molecule has 0 radical (unpaired) electrons. The van der Waals surface area contributed by atoms with E-state index in [-0.39, 0.29) is 5.91 Å². The summed E-state index contributed by atoms with van der Waals surface area (Å²) in [6.45, 7) is 5.38. The molecule has 8 heteroatoms. The van der Waals surface area contributed by atoms with Crippen molar-refractivity contribution >= 4 is 28.4 Å². The minimum absolute atomic E-state index is 0.0141. The van der Waals surface area contributed by atoms with Crippen molar-refractivity contribution in [3.63, 3.8) is 0 Å². The highest BCUT2D eigenvalue weighted by atomic mass is 35.5. The van der Waals surface area contributed by atoms with Crippen LogP contribution in [0.2, 0.25) is 5.02 Å². The molecule has 7 nitrogen and oxygen atoms in total. The fraction of sp³-hybridized carbons (Fsp3) is 0.360. The van der Waals surface area contributed by atoms with E-state index in [1.165, 1.54) is 0 Å². The minimum Gasteiger partial charge on any atom is -0.493 e. The minimum atomic E-state index is 0.0141. The number of aromatic nitrogens is 1. The number of halogens is 1. The normalized spacial score (nSPS) is 14.4. The van der Waals surface area contributed by atoms with E-state index in [2.05, 4.69) is 9.88 Å². The van der Waals surface area contributed by atoms with Gasteiger partial charge in [0.25, 0.3) is 5.91 Å². The third-order valence-corrected chi connectivity index (χ3v) is 6.27. The molecule has 0 unspecified atom stereocenters. The number of rotatable bonds is 6. The van der Waals surface area contributed by atoms with Gasteiger partial charge < -0.3 is 19.1 Å². The Morgan fingerprint density at radius 2 is 1.70 bits per heavy atom. The number of amides is 1. The highest BCUT2D eigenvalue weighted by Crippen LogP contribution is 2.40. The van der Waals surface area contributed by atoms with Crippen molar-refractivity contribution < 1.29 is 19.0 Å². The first kappa shape index (κ1) is 23.1. The monoisotopic (exact) mass is 469 g/mol. The number of fused-ring (bicyclic) bond motifs is 1. The molecule has 1 amide bonds. The lowest BCUT2D eigenvalue weighted by molar-refractivity contribution is 0.0626. The molecule has 1 fully saturated rings. The maximum Gasteiger partial charge on any atom is 0.255 e. The van der Waals surface area contributed by atoms with Gasteiger partial charge in [0.2, 0.25) is 5.75 Å². The van der Waals surface area contributed by atoms with E-state index in [0.29, 0.717) is 53.2 Å². The van der Waals surface area contributed by atoms with Gasteiger partial charge in [0.1, 0.15) is 0 Å². The quantitative estimate of drug-likeness (QED) is 0.539. The largest absolute Gasteiger partial charge is 0.493 e. The average Bonchev–Trinajstić information content (AvgIpc) is 2.83. The number of pyridine rings is 1. The molecule has 0 N–H and O–H groups in total. The van der Waals surface area contributed by atoms with E-state index in [1.54, 1.807) is 21.3 Å². The fourth-order valence-corrected chi connectivity index (χ4v) is 4.43. The number of carbonyl (C=O) groups excluding carboxylic acids is 1. The van der Waals surface area contributed by atoms with Gasteiger partial charge in [0.15, 0.2) is 11.5 Å². The molecule has 1 aromatic heterocycles. The van der Waals surface area contributed by atoms with Crippen LogP contribution in [0.4, 0.5) is 0 Å². The summed E-state index contributed by atoms with van der Waals surface area (Å²) < 4.78 is 16.5. The van der Waals surface area contributed by atoms with Crippen LogP contribution in [0.1, 0.15) is 21.6 Å². The van der Waals surface area contributed by atoms with Crippen LogP contribution in [0.25, 0.3) is 10.9 Å². The predicted octanol–water partition coefficient (Wildman–Crippen LogP) is 4.18. The van der Waals surface area contributed by atoms with E-state index in [9.17, 15) is 4.79 Å². The predicted molar refractivity (Wildman–Crippen MR) is 129 cm³/mol. The maximum atomic E-state index is 13.2. The summed E-state index contributed by atoms with van der Waals surface area (Å²) in [4.78, 5) is 22.0. The van der Waals surface area contributed by atoms with Crippen LogP contribution in [-0.2, 0) is 6.54 Å². The molecule has 0 aliphatic carbocycles. The van der Waals surface area contributed by atoms with Gasteiger partial charge in [-0.15, -0.1) is 0 Å². The molecule has 0 bridgehead atoms. The summed E-state index contributed by atoms with van der Waals surface area (Å²) in [5.41, 5.74) is 3.17. The first-order valence-electron chi connectivity index (χ1n) is 10.8. The van der Waals surface area contributed by atoms with Crippen LogP contribution in [0.5, 0.6) is 17.2 Å². The Bertz CT molecular complexity index is 1180. The van der Waals surface area contributed by atoms with Crippen molar-refractivity contribution in [2.45, 2.75) is 13.5 Å². The number of benzene rings is 2. The van der Waals surface area contributed by atoms with Gasteiger partial charge in [-0.05, 0) is 31.2 Å². The third-order valence-electron chi connectivity index (χ3n) is 6.04. The van der Waals surface area contributed by atoms with Crippen molar-refractivity contribution in [2.75, 3.05) is 47.5 Å². The van der Waals surface area contributed by atoms with Crippen molar-refractivity contribution in [1.82, 2.24) is 14.8 Å². The van der Waals surface area contributed by atoms with E-state index in [4.69, 9.17) is 25.8 Å². The number of hydrogen-bond donors (Lipinski definition) is 0. The van der Waals surface area contributed by atoms with Gasteiger partial charge in [-0.2, -0.15) is 0 Å². The zero-order valence-electron chi connectivity index (χ0n) is 19.4. The molecule has 0 saturated carbocycles. The molecular formula is C25H28ClN3O4. The van der Waals surface area contributed by atoms with E-state index < -0.39 is 0 Å². The summed E-state index contributed by atoms with van der Waals surface area (Å²) >= 11 is 6.08. The molecule has 1 saturated heterocycles. The van der Waals surface area contributed by atoms with Crippen LogP contribution in [-0.4, -0.2) is 68.2 Å². The lowest BCUT2D eigenvalue weighted by Gasteiger charge is -2.35. The Labute approximate surface area is 198 Å². The number of aryl methyl sites for hydroxylation is 1. The second-order valence-electron chi connectivity index (χ2n) is 8.02. The molecule has 174 valence electrons. The van der Waals surface area contributed by atoms with Crippen LogP contribution in [0, 0.1) is 6.92 Å². The number of hydrogen-bond acceptors (Lipinski definition) is 6. The molecule has 4 rings (SSSR count). The molecule has 1 aliphatic heterocycles. The van der Waals surface area contributed by atoms with Gasteiger partial charge in [-0.1, -0.05) is 23.7 Å². The summed E-state index contributed by atoms with van der Waals surface area (Å²) in [5, 5.41) is 1.54. The Hall–Kier alpha value is -3.03. The summed E-state index contributed by atoms with van der Waals surface area (Å²) in [7, 11) is 4.84. The lowest BCUT2D eigenvalue weighted by Crippen LogP contribution is -2.48. The van der Waals surface area contributed by atoms with Crippen LogP contribution in [0.3, 0.4) is 0 Å². The number of methoxy groups -OCH3 is 3. The molecule has 2 heterocycles. The third kappa shape index (κ3) is 4.70. The van der Waals surface area contributed by atoms with E-state index >= 15 is 0 Å². The highest BCUT2D eigenvalue weighted by molar-refractivity contribution is 6.31. The number of carbonyl (C=O) groups is 1. The average molecular weight is 470 g/mol. The Kier molecular flexibility index (Phi) is 6.91. The molecule has 33 heavy (non-hydrogen) atoms. The molecule has 0 atom stereocenters. The zero-order valence-corrected chi connectivity index (χ0v) is 20.1.